The van der Waals surface area contributed by atoms with Crippen LogP contribution in [0.4, 0.5) is 0 Å². The summed E-state index contributed by atoms with van der Waals surface area (Å²) in [6, 6.07) is 64.0. The number of hydrogen-bond acceptors (Lipinski definition) is 4. The fraction of sp³-hybridized carbons (Fsp3) is 0. The maximum absolute atomic E-state index is 5.42. The van der Waals surface area contributed by atoms with Gasteiger partial charge in [-0.3, -0.25) is 4.57 Å². The van der Waals surface area contributed by atoms with E-state index in [0.717, 1.165) is 50.4 Å². The zero-order valence-corrected chi connectivity index (χ0v) is 29.8. The van der Waals surface area contributed by atoms with E-state index in [1.807, 2.05) is 17.4 Å². The van der Waals surface area contributed by atoms with Crippen molar-refractivity contribution < 1.29 is 0 Å². The lowest BCUT2D eigenvalue weighted by atomic mass is 9.96. The minimum absolute atomic E-state index is 0.671. The molecule has 0 amide bonds. The van der Waals surface area contributed by atoms with Crippen molar-refractivity contribution in [3.8, 4) is 50.8 Å². The van der Waals surface area contributed by atoms with E-state index in [2.05, 4.69) is 180 Å². The zero-order valence-electron chi connectivity index (χ0n) is 29.0. The molecule has 0 aliphatic rings. The molecule has 0 spiro atoms. The Balaban J connectivity index is 1.10. The fourth-order valence-electron chi connectivity index (χ4n) is 7.95. The van der Waals surface area contributed by atoms with E-state index >= 15 is 0 Å². The van der Waals surface area contributed by atoms with Crippen molar-refractivity contribution in [3.05, 3.63) is 182 Å². The molecule has 7 aromatic carbocycles. The molecule has 54 heavy (non-hydrogen) atoms. The molecule has 5 heteroatoms. The first kappa shape index (κ1) is 30.7. The molecule has 0 N–H and O–H groups in total. The lowest BCUT2D eigenvalue weighted by molar-refractivity contribution is 1.05. The van der Waals surface area contributed by atoms with Gasteiger partial charge in [-0.15, -0.1) is 11.3 Å². The van der Waals surface area contributed by atoms with E-state index in [0.29, 0.717) is 5.82 Å². The Bertz CT molecular complexity index is 3150. The Morgan fingerprint density at radius 2 is 1.04 bits per heavy atom. The quantitative estimate of drug-likeness (QED) is 0.179. The van der Waals surface area contributed by atoms with Crippen LogP contribution in [-0.2, 0) is 0 Å². The van der Waals surface area contributed by atoms with Gasteiger partial charge in [0.2, 0.25) is 0 Å². The second kappa shape index (κ2) is 12.3. The van der Waals surface area contributed by atoms with E-state index in [9.17, 15) is 0 Å². The first-order valence-electron chi connectivity index (χ1n) is 18.1. The highest BCUT2D eigenvalue weighted by molar-refractivity contribution is 7.26. The monoisotopic (exact) mass is 706 g/mol. The van der Waals surface area contributed by atoms with Crippen LogP contribution in [-0.4, -0.2) is 19.5 Å². The maximum Gasteiger partial charge on any atom is 0.162 e. The maximum atomic E-state index is 5.42. The predicted molar refractivity (Wildman–Crippen MR) is 226 cm³/mol. The summed E-state index contributed by atoms with van der Waals surface area (Å²) in [5.41, 5.74) is 10.5. The molecule has 0 bridgehead atoms. The number of benzene rings is 7. The topological polar surface area (TPSA) is 43.6 Å². The van der Waals surface area contributed by atoms with Crippen LogP contribution in [0.5, 0.6) is 0 Å². The summed E-state index contributed by atoms with van der Waals surface area (Å²) in [7, 11) is 0. The molecule has 11 aromatic rings. The van der Waals surface area contributed by atoms with Crippen molar-refractivity contribution in [2.24, 2.45) is 0 Å². The van der Waals surface area contributed by atoms with Crippen molar-refractivity contribution in [2.45, 2.75) is 0 Å². The molecule has 0 fully saturated rings. The molecule has 0 aliphatic carbocycles. The van der Waals surface area contributed by atoms with Gasteiger partial charge in [0.05, 0.1) is 27.9 Å². The summed E-state index contributed by atoms with van der Waals surface area (Å²) >= 11 is 1.85. The van der Waals surface area contributed by atoms with Crippen molar-refractivity contribution in [2.75, 3.05) is 0 Å². The molecule has 0 saturated heterocycles. The second-order valence-corrected chi connectivity index (χ2v) is 14.6. The number of thiophene rings is 1. The summed E-state index contributed by atoms with van der Waals surface area (Å²) in [5.74, 6) is 1.50. The van der Waals surface area contributed by atoms with Crippen LogP contribution in [0.25, 0.3) is 104 Å². The third-order valence-corrected chi connectivity index (χ3v) is 11.6. The number of fused-ring (bicyclic) bond motifs is 8. The number of hydrogen-bond donors (Lipinski definition) is 0. The Kier molecular flexibility index (Phi) is 7.00. The Labute approximate surface area is 315 Å². The van der Waals surface area contributed by atoms with Crippen LogP contribution in [0.3, 0.4) is 0 Å². The van der Waals surface area contributed by atoms with Crippen LogP contribution in [0.15, 0.2) is 182 Å². The van der Waals surface area contributed by atoms with Gasteiger partial charge < -0.3 is 0 Å². The number of rotatable bonds is 5. The Morgan fingerprint density at radius 3 is 1.76 bits per heavy atom. The first-order valence-corrected chi connectivity index (χ1v) is 18.9. The fourth-order valence-corrected chi connectivity index (χ4v) is 9.23. The number of nitrogens with zero attached hydrogens (tertiary/aromatic N) is 4. The van der Waals surface area contributed by atoms with E-state index in [-0.39, 0.29) is 0 Å². The average molecular weight is 707 g/mol. The van der Waals surface area contributed by atoms with Crippen molar-refractivity contribution in [1.29, 1.82) is 0 Å². The third-order valence-electron chi connectivity index (χ3n) is 10.4. The molecular formula is C49H30N4S. The molecule has 0 unspecified atom stereocenters. The summed E-state index contributed by atoms with van der Waals surface area (Å²) in [5, 5.41) is 6.01. The van der Waals surface area contributed by atoms with E-state index < -0.39 is 0 Å². The summed E-state index contributed by atoms with van der Waals surface area (Å²) in [6.45, 7) is 0. The van der Waals surface area contributed by atoms with Crippen molar-refractivity contribution >= 4 is 64.2 Å². The number of pyridine rings is 1. The summed E-state index contributed by atoms with van der Waals surface area (Å²) < 4.78 is 4.78. The number of para-hydroxylation sites is 2. The van der Waals surface area contributed by atoms with Gasteiger partial charge in [-0.25, -0.2) is 15.0 Å². The molecular weight excluding hydrogens is 677 g/mol. The van der Waals surface area contributed by atoms with Crippen LogP contribution >= 0.6 is 11.3 Å². The molecule has 4 heterocycles. The van der Waals surface area contributed by atoms with Gasteiger partial charge in [-0.1, -0.05) is 152 Å². The minimum atomic E-state index is 0.671. The minimum Gasteiger partial charge on any atom is -0.294 e. The highest BCUT2D eigenvalue weighted by Crippen LogP contribution is 2.45. The second-order valence-electron chi connectivity index (χ2n) is 13.6. The van der Waals surface area contributed by atoms with Crippen molar-refractivity contribution in [1.82, 2.24) is 19.5 Å². The highest BCUT2D eigenvalue weighted by Gasteiger charge is 2.20. The predicted octanol–water partition coefficient (Wildman–Crippen LogP) is 13.2. The largest absolute Gasteiger partial charge is 0.294 e. The van der Waals surface area contributed by atoms with E-state index in [4.69, 9.17) is 15.0 Å². The van der Waals surface area contributed by atoms with Gasteiger partial charge in [0.15, 0.2) is 5.82 Å². The smallest absolute Gasteiger partial charge is 0.162 e. The van der Waals surface area contributed by atoms with E-state index in [1.165, 1.54) is 47.5 Å². The van der Waals surface area contributed by atoms with Crippen LogP contribution < -0.4 is 0 Å². The molecule has 0 radical (unpaired) electrons. The molecule has 0 atom stereocenters. The zero-order chi connectivity index (χ0) is 35.6. The van der Waals surface area contributed by atoms with Gasteiger partial charge in [-0.05, 0) is 35.4 Å². The molecule has 11 rings (SSSR count). The summed E-state index contributed by atoms with van der Waals surface area (Å²) in [6.07, 6.45) is 0. The van der Waals surface area contributed by atoms with Crippen molar-refractivity contribution in [3.63, 3.8) is 0 Å². The lowest BCUT2D eigenvalue weighted by Gasteiger charge is -2.13. The molecule has 4 aromatic heterocycles. The Hall–Kier alpha value is -6.95. The standard InChI is InChI=1S/C49H30N4S/c1-3-14-31(15-4-1)35-21-13-22-39-45(35)48-46(38-20-9-12-25-43(38)54-48)47(50-39)33-26-28-34(29-27-33)49-51-40(32-16-5-2-6-17-32)30-44(52-49)53-41-23-10-7-18-36(41)37-19-8-11-24-42(37)53/h1-30H. The average Bonchev–Trinajstić information content (AvgIpc) is 3.80. The van der Waals surface area contributed by atoms with Gasteiger partial charge in [0.25, 0.3) is 0 Å². The molecule has 0 aliphatic heterocycles. The number of aromatic nitrogens is 4. The molecule has 252 valence electrons. The van der Waals surface area contributed by atoms with Gasteiger partial charge in [0.1, 0.15) is 5.82 Å². The SMILES string of the molecule is c1ccc(-c2cc(-n3c4ccccc4c4ccccc43)nc(-c3ccc(-c4nc5cccc(-c6ccccc6)c5c5sc6ccccc6c45)cc3)n2)cc1. The summed E-state index contributed by atoms with van der Waals surface area (Å²) in [4.78, 5) is 15.9. The highest BCUT2D eigenvalue weighted by atomic mass is 32.1. The van der Waals surface area contributed by atoms with E-state index in [1.54, 1.807) is 0 Å². The van der Waals surface area contributed by atoms with Gasteiger partial charge >= 0.3 is 0 Å². The van der Waals surface area contributed by atoms with Crippen LogP contribution in [0.2, 0.25) is 0 Å². The first-order chi connectivity index (χ1) is 26.8. The van der Waals surface area contributed by atoms with Crippen LogP contribution in [0.1, 0.15) is 0 Å². The van der Waals surface area contributed by atoms with Gasteiger partial charge in [-0.2, -0.15) is 0 Å². The Morgan fingerprint density at radius 1 is 0.426 bits per heavy atom. The van der Waals surface area contributed by atoms with Crippen LogP contribution in [0, 0.1) is 0 Å². The normalized spacial score (nSPS) is 11.7. The lowest BCUT2D eigenvalue weighted by Crippen LogP contribution is -2.02. The third kappa shape index (κ3) is 4.86. The molecule has 0 saturated carbocycles. The molecule has 4 nitrogen and oxygen atoms in total. The van der Waals surface area contributed by atoms with Gasteiger partial charge in [0, 0.05) is 59.1 Å².